The Morgan fingerprint density at radius 2 is 1.78 bits per heavy atom. The van der Waals surface area contributed by atoms with E-state index in [-0.39, 0.29) is 5.70 Å². The molecule has 1 aliphatic carbocycles. The van der Waals surface area contributed by atoms with Gasteiger partial charge in [0.1, 0.15) is 0 Å². The van der Waals surface area contributed by atoms with E-state index in [1.807, 2.05) is 6.07 Å². The van der Waals surface area contributed by atoms with Gasteiger partial charge in [0.15, 0.2) is 4.33 Å². The van der Waals surface area contributed by atoms with Crippen LogP contribution in [-0.2, 0) is 0 Å². The topological polar surface area (TPSA) is 52.0 Å². The molecular weight excluding hydrogens is 314 g/mol. The minimum Gasteiger partial charge on any atom is -0.398 e. The van der Waals surface area contributed by atoms with Crippen LogP contribution < -0.4 is 11.5 Å². The highest BCUT2D eigenvalue weighted by Gasteiger charge is 2.34. The molecular formula is C12H10Cl4N2. The largest absolute Gasteiger partial charge is 0.398 e. The Kier molecular flexibility index (Phi) is 3.75. The van der Waals surface area contributed by atoms with Gasteiger partial charge in [-0.3, -0.25) is 0 Å². The van der Waals surface area contributed by atoms with Crippen LogP contribution in [0, 0.1) is 0 Å². The van der Waals surface area contributed by atoms with Gasteiger partial charge >= 0.3 is 0 Å². The van der Waals surface area contributed by atoms with E-state index in [0.29, 0.717) is 22.2 Å². The van der Waals surface area contributed by atoms with Gasteiger partial charge in [0, 0.05) is 6.42 Å². The number of hydrogen-bond donors (Lipinski definition) is 2. The third kappa shape index (κ3) is 2.57. The van der Waals surface area contributed by atoms with Crippen molar-refractivity contribution in [2.24, 2.45) is 5.73 Å². The number of nitrogens with two attached hydrogens (primary N) is 2. The third-order valence-corrected chi connectivity index (χ3v) is 4.05. The number of anilines is 1. The molecule has 96 valence electrons. The van der Waals surface area contributed by atoms with Crippen LogP contribution >= 0.6 is 46.4 Å². The van der Waals surface area contributed by atoms with E-state index in [2.05, 4.69) is 0 Å². The predicted molar refractivity (Wildman–Crippen MR) is 80.0 cm³/mol. The lowest BCUT2D eigenvalue weighted by molar-refractivity contribution is 0.887. The van der Waals surface area contributed by atoms with Gasteiger partial charge < -0.3 is 11.5 Å². The molecule has 0 aromatic heterocycles. The van der Waals surface area contributed by atoms with Crippen LogP contribution in [0.2, 0.25) is 5.02 Å². The van der Waals surface area contributed by atoms with E-state index < -0.39 is 4.33 Å². The van der Waals surface area contributed by atoms with Crippen molar-refractivity contribution in [2.75, 3.05) is 5.73 Å². The van der Waals surface area contributed by atoms with E-state index in [0.717, 1.165) is 11.1 Å². The number of alkyl halides is 2. The maximum absolute atomic E-state index is 6.13. The summed E-state index contributed by atoms with van der Waals surface area (Å²) >= 11 is 24.3. The Balaban J connectivity index is 2.47. The summed E-state index contributed by atoms with van der Waals surface area (Å²) in [7, 11) is 0. The van der Waals surface area contributed by atoms with Crippen LogP contribution in [0.15, 0.2) is 35.0 Å². The zero-order chi connectivity index (χ0) is 13.5. The average Bonchev–Trinajstić information content (AvgIpc) is 2.29. The van der Waals surface area contributed by atoms with Crippen LogP contribution in [0.1, 0.15) is 12.0 Å². The van der Waals surface area contributed by atoms with Crippen molar-refractivity contribution in [3.8, 4) is 0 Å². The predicted octanol–water partition coefficient (Wildman–Crippen LogP) is 4.29. The summed E-state index contributed by atoms with van der Waals surface area (Å²) in [4.78, 5) is 0. The highest BCUT2D eigenvalue weighted by molar-refractivity contribution is 6.52. The van der Waals surface area contributed by atoms with Gasteiger partial charge in [-0.15, -0.1) is 0 Å². The first-order valence-corrected chi connectivity index (χ1v) is 6.62. The van der Waals surface area contributed by atoms with E-state index in [9.17, 15) is 0 Å². The van der Waals surface area contributed by atoms with E-state index in [1.165, 1.54) is 0 Å². The van der Waals surface area contributed by atoms with Crippen LogP contribution in [-0.4, -0.2) is 4.33 Å². The molecule has 1 aromatic rings. The first-order chi connectivity index (χ1) is 8.31. The molecule has 6 heteroatoms. The van der Waals surface area contributed by atoms with Crippen LogP contribution in [0.4, 0.5) is 5.69 Å². The summed E-state index contributed by atoms with van der Waals surface area (Å²) in [6.45, 7) is 0. The molecule has 0 radical (unpaired) electrons. The van der Waals surface area contributed by atoms with Crippen molar-refractivity contribution < 1.29 is 0 Å². The third-order valence-electron chi connectivity index (χ3n) is 2.74. The molecule has 0 saturated heterocycles. The van der Waals surface area contributed by atoms with Gasteiger partial charge in [0.25, 0.3) is 0 Å². The fraction of sp³-hybridized carbons (Fsp3) is 0.167. The second kappa shape index (κ2) is 4.86. The Hall–Kier alpha value is -0.540. The highest BCUT2D eigenvalue weighted by atomic mass is 35.5. The molecule has 0 aliphatic heterocycles. The second-order valence-corrected chi connectivity index (χ2v) is 6.35. The Bertz CT molecular complexity index is 561. The normalized spacial score (nSPS) is 18.8. The summed E-state index contributed by atoms with van der Waals surface area (Å²) < 4.78 is -1.20. The zero-order valence-electron chi connectivity index (χ0n) is 9.18. The standard InChI is InChI=1S/C12H10Cl4N2/c13-8-3-6(1-2-10(8)17)7-4-9(14)11(18)12(15,16)5-7/h1-4H,5,17-18H2. The van der Waals surface area contributed by atoms with Crippen molar-refractivity contribution in [2.45, 2.75) is 10.8 Å². The molecule has 0 amide bonds. The second-order valence-electron chi connectivity index (χ2n) is 4.05. The summed E-state index contributed by atoms with van der Waals surface area (Å²) in [6.07, 6.45) is 2.10. The summed E-state index contributed by atoms with van der Waals surface area (Å²) in [6, 6.07) is 5.30. The molecule has 0 bridgehead atoms. The van der Waals surface area contributed by atoms with Crippen molar-refractivity contribution >= 4 is 57.7 Å². The summed E-state index contributed by atoms with van der Waals surface area (Å²) in [5.74, 6) is 0. The minimum atomic E-state index is -1.20. The monoisotopic (exact) mass is 322 g/mol. The van der Waals surface area contributed by atoms with Crippen LogP contribution in [0.5, 0.6) is 0 Å². The van der Waals surface area contributed by atoms with Crippen molar-refractivity contribution in [3.05, 3.63) is 45.6 Å². The van der Waals surface area contributed by atoms with Gasteiger partial charge in [0.05, 0.1) is 21.4 Å². The van der Waals surface area contributed by atoms with Crippen LogP contribution in [0.3, 0.4) is 0 Å². The molecule has 0 fully saturated rings. The lowest BCUT2D eigenvalue weighted by Gasteiger charge is -2.27. The Morgan fingerprint density at radius 3 is 2.33 bits per heavy atom. The number of allylic oxidation sites excluding steroid dienone is 4. The molecule has 0 atom stereocenters. The number of hydrogen-bond acceptors (Lipinski definition) is 2. The van der Waals surface area contributed by atoms with E-state index in [1.54, 1.807) is 18.2 Å². The fourth-order valence-electron chi connectivity index (χ4n) is 1.70. The van der Waals surface area contributed by atoms with Crippen molar-refractivity contribution in [3.63, 3.8) is 0 Å². The molecule has 18 heavy (non-hydrogen) atoms. The molecule has 0 spiro atoms. The smallest absolute Gasteiger partial charge is 0.162 e. The lowest BCUT2D eigenvalue weighted by atomic mass is 9.95. The molecule has 2 nitrogen and oxygen atoms in total. The molecule has 0 heterocycles. The number of rotatable bonds is 1. The lowest BCUT2D eigenvalue weighted by Crippen LogP contribution is -2.26. The molecule has 2 rings (SSSR count). The fourth-order valence-corrected chi connectivity index (χ4v) is 2.76. The average molecular weight is 324 g/mol. The minimum absolute atomic E-state index is 0.262. The van der Waals surface area contributed by atoms with E-state index >= 15 is 0 Å². The number of benzene rings is 1. The van der Waals surface area contributed by atoms with Crippen molar-refractivity contribution in [1.82, 2.24) is 0 Å². The van der Waals surface area contributed by atoms with Crippen molar-refractivity contribution in [1.29, 1.82) is 0 Å². The molecule has 0 unspecified atom stereocenters. The summed E-state index contributed by atoms with van der Waals surface area (Å²) in [5, 5.41) is 0.816. The van der Waals surface area contributed by atoms with Gasteiger partial charge in [0.2, 0.25) is 0 Å². The Morgan fingerprint density at radius 1 is 1.11 bits per heavy atom. The summed E-state index contributed by atoms with van der Waals surface area (Å²) in [5.41, 5.74) is 13.9. The molecule has 1 aromatic carbocycles. The van der Waals surface area contributed by atoms with Crippen LogP contribution in [0.25, 0.3) is 5.57 Å². The van der Waals surface area contributed by atoms with Gasteiger partial charge in [-0.25, -0.2) is 0 Å². The number of nitrogen functional groups attached to an aromatic ring is 1. The van der Waals surface area contributed by atoms with E-state index in [4.69, 9.17) is 57.9 Å². The maximum atomic E-state index is 6.13. The molecule has 4 N–H and O–H groups in total. The van der Waals surface area contributed by atoms with Gasteiger partial charge in [-0.05, 0) is 29.3 Å². The first-order valence-electron chi connectivity index (χ1n) is 5.11. The Labute approximate surface area is 125 Å². The SMILES string of the molecule is NC1=C(Cl)C=C(c2ccc(N)c(Cl)c2)CC1(Cl)Cl. The zero-order valence-corrected chi connectivity index (χ0v) is 12.2. The maximum Gasteiger partial charge on any atom is 0.162 e. The van der Waals surface area contributed by atoms with Gasteiger partial charge in [-0.1, -0.05) is 52.5 Å². The van der Waals surface area contributed by atoms with Gasteiger partial charge in [-0.2, -0.15) is 0 Å². The first kappa shape index (κ1) is 13.9. The molecule has 0 saturated carbocycles. The number of halogens is 4. The quantitative estimate of drug-likeness (QED) is 0.598. The molecule has 1 aliphatic rings. The highest BCUT2D eigenvalue weighted by Crippen LogP contribution is 2.44.